The summed E-state index contributed by atoms with van der Waals surface area (Å²) in [6, 6.07) is -2.35. The largest absolute Gasteiger partial charge is 0.460 e. The third kappa shape index (κ3) is 20.5. The van der Waals surface area contributed by atoms with Gasteiger partial charge in [0.05, 0.1) is 61.8 Å². The summed E-state index contributed by atoms with van der Waals surface area (Å²) in [6.45, 7) is 25.8. The first-order valence-corrected chi connectivity index (χ1v) is 24.4. The van der Waals surface area contributed by atoms with E-state index >= 15 is 0 Å². The third-order valence-electron chi connectivity index (χ3n) is 12.5. The molecule has 0 aliphatic carbocycles. The van der Waals surface area contributed by atoms with Crippen LogP contribution in [0.1, 0.15) is 55.4 Å². The van der Waals surface area contributed by atoms with Gasteiger partial charge in [0.1, 0.15) is 86.5 Å². The first-order valence-electron chi connectivity index (χ1n) is 24.4. The fraction of sp³-hybridized carbons (Fsp3) is 0.720. The second kappa shape index (κ2) is 34.2. The van der Waals surface area contributed by atoms with E-state index in [-0.39, 0.29) is 55.6 Å². The molecule has 4 saturated heterocycles. The summed E-state index contributed by atoms with van der Waals surface area (Å²) >= 11 is 0. The minimum absolute atomic E-state index is 0.0572. The zero-order valence-electron chi connectivity index (χ0n) is 45.6. The van der Waals surface area contributed by atoms with Gasteiger partial charge in [-0.25, -0.2) is 9.59 Å². The van der Waals surface area contributed by atoms with Gasteiger partial charge < -0.3 is 99.3 Å². The fourth-order valence-corrected chi connectivity index (χ4v) is 8.57. The molecule has 4 amide bonds. The normalized spacial score (nSPS) is 34.7. The second-order valence-corrected chi connectivity index (χ2v) is 18.3. The number of amides is 4. The summed E-state index contributed by atoms with van der Waals surface area (Å²) in [5.41, 5.74) is 0.636. The molecule has 436 valence electrons. The topological polar surface area (TPSA) is 364 Å². The van der Waals surface area contributed by atoms with Crippen LogP contribution in [0.15, 0.2) is 49.6 Å². The average Bonchev–Trinajstić information content (AvgIpc) is 3.37. The highest BCUT2D eigenvalue weighted by atomic mass is 16.6. The van der Waals surface area contributed by atoms with Gasteiger partial charge in [-0.1, -0.05) is 26.3 Å². The van der Waals surface area contributed by atoms with Crippen LogP contribution in [0, 0.1) is 0 Å². The zero-order valence-corrected chi connectivity index (χ0v) is 45.6. The molecule has 0 radical (unpaired) electrons. The zero-order chi connectivity index (χ0) is 58.3. The highest BCUT2D eigenvalue weighted by Crippen LogP contribution is 2.27. The van der Waals surface area contributed by atoms with Crippen molar-refractivity contribution >= 4 is 35.6 Å². The average molecular weight is 1090 g/mol. The summed E-state index contributed by atoms with van der Waals surface area (Å²) in [4.78, 5) is 67.6. The lowest BCUT2D eigenvalue weighted by molar-refractivity contribution is -0.204. The number of carbonyl (C=O) groups excluding carboxylic acids is 6. The maximum Gasteiger partial charge on any atom is 0.333 e. The molecule has 4 aliphatic rings. The van der Waals surface area contributed by atoms with Gasteiger partial charge in [0.2, 0.25) is 23.6 Å². The summed E-state index contributed by atoms with van der Waals surface area (Å²) in [6.07, 6.45) is -8.55. The Morgan fingerprint density at radius 1 is 0.487 bits per heavy atom. The number of carbonyl (C=O) groups is 6. The third-order valence-corrected chi connectivity index (χ3v) is 12.5. The second-order valence-electron chi connectivity index (χ2n) is 18.3. The van der Waals surface area contributed by atoms with Crippen molar-refractivity contribution in [2.24, 2.45) is 0 Å². The maximum absolute atomic E-state index is 11.6. The minimum Gasteiger partial charge on any atom is -0.460 e. The first-order chi connectivity index (χ1) is 35.6. The number of aliphatic hydroxyl groups is 6. The summed E-state index contributed by atoms with van der Waals surface area (Å²) < 4.78 is 53.0. The van der Waals surface area contributed by atoms with E-state index < -0.39 is 134 Å². The van der Waals surface area contributed by atoms with Crippen LogP contribution in [0.2, 0.25) is 0 Å². The summed E-state index contributed by atoms with van der Waals surface area (Å²) in [5.74, 6) is -2.37. The van der Waals surface area contributed by atoms with Crippen LogP contribution in [0.25, 0.3) is 0 Å². The van der Waals surface area contributed by atoms with Crippen molar-refractivity contribution in [1.82, 2.24) is 21.3 Å². The Morgan fingerprint density at radius 3 is 1.09 bits per heavy atom. The number of nitrogens with one attached hydrogen (secondary N) is 4. The van der Waals surface area contributed by atoms with E-state index in [2.05, 4.69) is 47.6 Å². The lowest BCUT2D eigenvalue weighted by Crippen LogP contribution is -2.63. The molecule has 4 heterocycles. The molecule has 20 atom stereocenters. The molecule has 10 N–H and O–H groups in total. The monoisotopic (exact) mass is 1090 g/mol. The summed E-state index contributed by atoms with van der Waals surface area (Å²) in [5, 5.41) is 69.6. The van der Waals surface area contributed by atoms with Gasteiger partial charge in [-0.05, 0) is 47.6 Å². The molecule has 0 aromatic heterocycles. The van der Waals surface area contributed by atoms with Crippen molar-refractivity contribution in [3.05, 3.63) is 49.6 Å². The molecule has 4 fully saturated rings. The SMILES string of the molecule is C=C(C)C(=O)N[C@@H]1C(C)OC(CO)[C@@H](OC)[C@@H]1O.C=C(C)C(=O)OCC1OC(C)[C@@H](NC(C)=O)[C@@H](O)[C@@H]1OC.C=CC(=O)N[C@@H]1C(C)OC(CO)[C@@H](OC)[C@@H]1O.C=CC(=O)OCC1OC(C)[C@@H](NC(C)=O)[C@@H](O)[C@@H]1OC. The van der Waals surface area contributed by atoms with E-state index in [4.69, 9.17) is 57.6 Å². The highest BCUT2D eigenvalue weighted by Gasteiger charge is 2.48. The van der Waals surface area contributed by atoms with E-state index in [1.54, 1.807) is 41.5 Å². The number of hydrogen-bond acceptors (Lipinski definition) is 22. The van der Waals surface area contributed by atoms with Crippen molar-refractivity contribution in [1.29, 1.82) is 0 Å². The van der Waals surface area contributed by atoms with E-state index in [1.807, 2.05) is 0 Å². The van der Waals surface area contributed by atoms with Gasteiger partial charge in [0.15, 0.2) is 0 Å². The standard InChI is InChI=1S/C14H23NO6.C13H21NO6.C12H21NO5.C11H19NO5/c1-7(2)14(18)20-6-10-13(19-5)12(17)11(8(3)21-10)15-9(4)16;1-5-10(16)19-6-9-13(18-4)12(17)11(7(2)20-9)14-8(3)15;1-6(2)12(16)13-9-7(3)18-8(5-14)11(17-4)10(9)15;1-4-8(14)12-9-6(2)17-7(5-13)11(16-3)10(9)15/h8,10-13,17H,1,6H2,2-5H3,(H,15,16);5,7,9,11-13,17H,1,6H2,2-4H3,(H,14,15);7-11,14-15H,1,5H2,2-4H3,(H,13,16);4,6-7,9-11,13,15H,1,5H2,2-3H3,(H,12,14)/t8?,10?,11-,12-,13-;7?,9?,11-,12-,13-;7?,8?,9-,10-,11-;6?,7?,9-,10-,11-/m1111/s1. The van der Waals surface area contributed by atoms with Crippen LogP contribution in [0.4, 0.5) is 0 Å². The number of methoxy groups -OCH3 is 4. The Balaban J connectivity index is 0.000000508. The van der Waals surface area contributed by atoms with Crippen LogP contribution in [-0.2, 0) is 76.1 Å². The molecule has 8 unspecified atom stereocenters. The number of rotatable bonds is 18. The van der Waals surface area contributed by atoms with Crippen molar-refractivity contribution < 1.29 is 107 Å². The molecular formula is C50H84N4O22. The van der Waals surface area contributed by atoms with Gasteiger partial charge in [-0.3, -0.25) is 19.2 Å². The van der Waals surface area contributed by atoms with Crippen LogP contribution in [0.5, 0.6) is 0 Å². The predicted octanol–water partition coefficient (Wildman–Crippen LogP) is -2.83. The molecule has 76 heavy (non-hydrogen) atoms. The summed E-state index contributed by atoms with van der Waals surface area (Å²) in [7, 11) is 5.68. The maximum atomic E-state index is 11.6. The van der Waals surface area contributed by atoms with E-state index in [0.29, 0.717) is 5.57 Å². The minimum atomic E-state index is -0.962. The van der Waals surface area contributed by atoms with Crippen molar-refractivity contribution in [2.45, 2.75) is 177 Å². The smallest absolute Gasteiger partial charge is 0.333 e. The van der Waals surface area contributed by atoms with E-state index in [0.717, 1.165) is 12.2 Å². The van der Waals surface area contributed by atoms with Crippen molar-refractivity contribution in [3.8, 4) is 0 Å². The van der Waals surface area contributed by atoms with E-state index in [1.165, 1.54) is 42.3 Å². The Labute approximate surface area is 444 Å². The molecule has 0 spiro atoms. The predicted molar refractivity (Wildman–Crippen MR) is 270 cm³/mol. The molecule has 0 saturated carbocycles. The molecule has 4 rings (SSSR count). The molecule has 0 aromatic rings. The fourth-order valence-electron chi connectivity index (χ4n) is 8.57. The number of aliphatic hydroxyl groups excluding tert-OH is 6. The van der Waals surface area contributed by atoms with E-state index in [9.17, 15) is 49.2 Å². The Bertz CT molecular complexity index is 1910. The highest BCUT2D eigenvalue weighted by molar-refractivity contribution is 5.92. The Kier molecular flexibility index (Phi) is 31.1. The number of esters is 2. The molecule has 4 aliphatic heterocycles. The molecule has 0 bridgehead atoms. The Hall–Kier alpha value is -4.78. The van der Waals surface area contributed by atoms with Crippen molar-refractivity contribution in [3.63, 3.8) is 0 Å². The van der Waals surface area contributed by atoms with Crippen LogP contribution in [0.3, 0.4) is 0 Å². The Morgan fingerprint density at radius 2 is 0.803 bits per heavy atom. The number of hydrogen-bond donors (Lipinski definition) is 10. The quantitative estimate of drug-likeness (QED) is 0.0489. The van der Waals surface area contributed by atoms with Crippen LogP contribution < -0.4 is 21.3 Å². The lowest BCUT2D eigenvalue weighted by Gasteiger charge is -2.43. The molecule has 26 heteroatoms. The van der Waals surface area contributed by atoms with Crippen LogP contribution in [-0.4, -0.2) is 243 Å². The molecule has 0 aromatic carbocycles. The number of ether oxygens (including phenoxy) is 10. The van der Waals surface area contributed by atoms with Gasteiger partial charge in [0.25, 0.3) is 0 Å². The lowest BCUT2D eigenvalue weighted by atomic mass is 9.93. The van der Waals surface area contributed by atoms with Gasteiger partial charge in [-0.2, -0.15) is 0 Å². The van der Waals surface area contributed by atoms with Crippen molar-refractivity contribution in [2.75, 3.05) is 54.9 Å². The first kappa shape index (κ1) is 69.2. The van der Waals surface area contributed by atoms with Gasteiger partial charge >= 0.3 is 11.9 Å². The van der Waals surface area contributed by atoms with Gasteiger partial charge in [-0.15, -0.1) is 0 Å². The van der Waals surface area contributed by atoms with Gasteiger partial charge in [0, 0.05) is 59.5 Å². The molecule has 26 nitrogen and oxygen atoms in total. The molecular weight excluding hydrogens is 1010 g/mol. The van der Waals surface area contributed by atoms with Crippen LogP contribution >= 0.6 is 0 Å².